The van der Waals surface area contributed by atoms with Crippen molar-refractivity contribution < 1.29 is 9.21 Å². The van der Waals surface area contributed by atoms with E-state index in [4.69, 9.17) is 4.42 Å². The molecular formula is C16H19ClN2O2. The van der Waals surface area contributed by atoms with E-state index >= 15 is 0 Å². The number of carbonyl (C=O) groups is 1. The summed E-state index contributed by atoms with van der Waals surface area (Å²) in [5.74, 6) is 0.529. The number of halogens is 1. The number of hydrogen-bond donors (Lipinski definition) is 0. The molecule has 3 saturated heterocycles. The third-order valence-corrected chi connectivity index (χ3v) is 4.55. The average Bonchev–Trinajstić information content (AvgIpc) is 2.70. The van der Waals surface area contributed by atoms with E-state index in [1.54, 1.807) is 0 Å². The normalized spacial score (nSPS) is 24.7. The van der Waals surface area contributed by atoms with Crippen molar-refractivity contribution in [2.24, 2.45) is 0 Å². The highest BCUT2D eigenvalue weighted by Gasteiger charge is 2.33. The molecular weight excluding hydrogens is 288 g/mol. The van der Waals surface area contributed by atoms with Gasteiger partial charge >= 0.3 is 0 Å². The van der Waals surface area contributed by atoms with Gasteiger partial charge in [0.15, 0.2) is 5.76 Å². The minimum absolute atomic E-state index is 0. The molecule has 2 aromatic rings. The molecule has 4 heterocycles. The average molecular weight is 307 g/mol. The molecule has 21 heavy (non-hydrogen) atoms. The van der Waals surface area contributed by atoms with Gasteiger partial charge in [0.2, 0.25) is 0 Å². The van der Waals surface area contributed by atoms with Gasteiger partial charge in [-0.15, -0.1) is 12.4 Å². The summed E-state index contributed by atoms with van der Waals surface area (Å²) in [6, 6.07) is 10.0. The van der Waals surface area contributed by atoms with Crippen LogP contribution in [0.1, 0.15) is 23.4 Å². The van der Waals surface area contributed by atoms with E-state index in [0.717, 1.165) is 50.0 Å². The van der Waals surface area contributed by atoms with Crippen LogP contribution in [0.15, 0.2) is 34.7 Å². The molecule has 3 fully saturated rings. The maximum atomic E-state index is 12.7. The molecule has 0 N–H and O–H groups in total. The highest BCUT2D eigenvalue weighted by Crippen LogP contribution is 2.25. The number of furan rings is 1. The molecule has 0 saturated carbocycles. The lowest BCUT2D eigenvalue weighted by Gasteiger charge is -2.30. The summed E-state index contributed by atoms with van der Waals surface area (Å²) in [5.41, 5.74) is 0.790. The molecule has 1 amide bonds. The van der Waals surface area contributed by atoms with Crippen LogP contribution in [0.3, 0.4) is 0 Å². The molecule has 5 rings (SSSR count). The van der Waals surface area contributed by atoms with Crippen molar-refractivity contribution in [3.05, 3.63) is 36.1 Å². The summed E-state index contributed by atoms with van der Waals surface area (Å²) >= 11 is 0. The van der Waals surface area contributed by atoms with E-state index in [2.05, 4.69) is 4.90 Å². The van der Waals surface area contributed by atoms with Crippen molar-refractivity contribution in [2.45, 2.75) is 18.9 Å². The van der Waals surface area contributed by atoms with Crippen LogP contribution in [0, 0.1) is 0 Å². The van der Waals surface area contributed by atoms with Gasteiger partial charge in [0.1, 0.15) is 5.58 Å². The SMILES string of the molecule is Cl.O=C(c1cc2ccccc2o1)N1CCN2CCC1CC2. The van der Waals surface area contributed by atoms with E-state index < -0.39 is 0 Å². The van der Waals surface area contributed by atoms with Crippen LogP contribution in [0.4, 0.5) is 0 Å². The Morgan fingerprint density at radius 1 is 1.10 bits per heavy atom. The lowest BCUT2D eigenvalue weighted by Crippen LogP contribution is -2.41. The van der Waals surface area contributed by atoms with Crippen LogP contribution in [0.5, 0.6) is 0 Å². The fraction of sp³-hybridized carbons (Fsp3) is 0.438. The van der Waals surface area contributed by atoms with Gasteiger partial charge in [0.25, 0.3) is 5.91 Å². The molecule has 0 spiro atoms. The van der Waals surface area contributed by atoms with Gasteiger partial charge in [0.05, 0.1) is 0 Å². The third-order valence-electron chi connectivity index (χ3n) is 4.55. The zero-order chi connectivity index (χ0) is 13.5. The van der Waals surface area contributed by atoms with Crippen molar-refractivity contribution >= 4 is 29.3 Å². The molecule has 1 aromatic heterocycles. The van der Waals surface area contributed by atoms with E-state index in [-0.39, 0.29) is 18.3 Å². The van der Waals surface area contributed by atoms with E-state index in [0.29, 0.717) is 11.8 Å². The van der Waals surface area contributed by atoms with Crippen LogP contribution < -0.4 is 0 Å². The van der Waals surface area contributed by atoms with Gasteiger partial charge in [-0.05, 0) is 25.0 Å². The molecule has 0 aliphatic carbocycles. The number of rotatable bonds is 1. The number of fused-ring (bicyclic) bond motifs is 5. The quantitative estimate of drug-likeness (QED) is 0.813. The molecule has 3 aliphatic rings. The van der Waals surface area contributed by atoms with Crippen LogP contribution in [0.25, 0.3) is 11.0 Å². The lowest BCUT2D eigenvalue weighted by atomic mass is 10.1. The number of carbonyl (C=O) groups excluding carboxylic acids is 1. The number of para-hydroxylation sites is 1. The second kappa shape index (κ2) is 5.70. The Hall–Kier alpha value is -1.52. The molecule has 5 heteroatoms. The second-order valence-corrected chi connectivity index (χ2v) is 5.72. The zero-order valence-electron chi connectivity index (χ0n) is 11.8. The molecule has 0 unspecified atom stereocenters. The monoisotopic (exact) mass is 306 g/mol. The van der Waals surface area contributed by atoms with Crippen LogP contribution in [-0.4, -0.2) is 47.9 Å². The summed E-state index contributed by atoms with van der Waals surface area (Å²) in [7, 11) is 0. The number of benzene rings is 1. The van der Waals surface area contributed by atoms with Crippen LogP contribution in [0.2, 0.25) is 0 Å². The first kappa shape index (κ1) is 14.4. The minimum Gasteiger partial charge on any atom is -0.451 e. The summed E-state index contributed by atoms with van der Waals surface area (Å²) in [6.07, 6.45) is 2.18. The Bertz CT molecular complexity index is 614. The fourth-order valence-electron chi connectivity index (χ4n) is 3.38. The van der Waals surface area contributed by atoms with Crippen LogP contribution in [-0.2, 0) is 0 Å². The van der Waals surface area contributed by atoms with Gasteiger partial charge < -0.3 is 14.2 Å². The van der Waals surface area contributed by atoms with Crippen molar-refractivity contribution in [2.75, 3.05) is 26.2 Å². The first-order chi connectivity index (χ1) is 9.81. The summed E-state index contributed by atoms with van der Waals surface area (Å²) < 4.78 is 5.73. The predicted molar refractivity (Wildman–Crippen MR) is 84.0 cm³/mol. The number of nitrogens with zero attached hydrogens (tertiary/aromatic N) is 2. The third kappa shape index (κ3) is 2.54. The van der Waals surface area contributed by atoms with E-state index in [9.17, 15) is 4.79 Å². The van der Waals surface area contributed by atoms with Crippen molar-refractivity contribution in [3.8, 4) is 0 Å². The number of amides is 1. The highest BCUT2D eigenvalue weighted by molar-refractivity contribution is 5.96. The van der Waals surface area contributed by atoms with Crippen LogP contribution >= 0.6 is 12.4 Å². The first-order valence-electron chi connectivity index (χ1n) is 7.33. The van der Waals surface area contributed by atoms with E-state index in [1.165, 1.54) is 0 Å². The molecule has 1 aromatic carbocycles. The fourth-order valence-corrected chi connectivity index (χ4v) is 3.38. The summed E-state index contributed by atoms with van der Waals surface area (Å²) in [5, 5.41) is 0.999. The number of piperidine rings is 1. The first-order valence-corrected chi connectivity index (χ1v) is 7.33. The highest BCUT2D eigenvalue weighted by atomic mass is 35.5. The van der Waals surface area contributed by atoms with Crippen molar-refractivity contribution in [1.82, 2.24) is 9.80 Å². The molecule has 0 radical (unpaired) electrons. The Morgan fingerprint density at radius 2 is 1.86 bits per heavy atom. The molecule has 4 nitrogen and oxygen atoms in total. The van der Waals surface area contributed by atoms with E-state index in [1.807, 2.05) is 35.2 Å². The maximum Gasteiger partial charge on any atom is 0.289 e. The lowest BCUT2D eigenvalue weighted by molar-refractivity contribution is 0.0655. The molecule has 2 bridgehead atoms. The van der Waals surface area contributed by atoms with Gasteiger partial charge in [-0.3, -0.25) is 4.79 Å². The van der Waals surface area contributed by atoms with Gasteiger partial charge in [0, 0.05) is 37.6 Å². The second-order valence-electron chi connectivity index (χ2n) is 5.72. The summed E-state index contributed by atoms with van der Waals surface area (Å²) in [4.78, 5) is 17.2. The standard InChI is InChI=1S/C16H18N2O2.ClH/c19-16(15-11-12-3-1-2-4-14(12)20-15)18-10-9-17-7-5-13(18)6-8-17;/h1-4,11,13H,5-10H2;1H. The van der Waals surface area contributed by atoms with Gasteiger partial charge in [-0.25, -0.2) is 0 Å². The predicted octanol–water partition coefficient (Wildman–Crippen LogP) is 2.77. The Kier molecular flexibility index (Phi) is 3.91. The Balaban J connectivity index is 0.00000132. The smallest absolute Gasteiger partial charge is 0.289 e. The van der Waals surface area contributed by atoms with Gasteiger partial charge in [-0.2, -0.15) is 0 Å². The topological polar surface area (TPSA) is 36.7 Å². The molecule has 0 atom stereocenters. The zero-order valence-corrected chi connectivity index (χ0v) is 12.6. The Labute approximate surface area is 130 Å². The van der Waals surface area contributed by atoms with Gasteiger partial charge in [-0.1, -0.05) is 18.2 Å². The van der Waals surface area contributed by atoms with Crippen molar-refractivity contribution in [3.63, 3.8) is 0 Å². The minimum atomic E-state index is 0. The number of hydrogen-bond acceptors (Lipinski definition) is 3. The Morgan fingerprint density at radius 3 is 2.62 bits per heavy atom. The maximum absolute atomic E-state index is 12.7. The largest absolute Gasteiger partial charge is 0.451 e. The van der Waals surface area contributed by atoms with Crippen molar-refractivity contribution in [1.29, 1.82) is 0 Å². The molecule has 3 aliphatic heterocycles. The summed E-state index contributed by atoms with van der Waals surface area (Å²) in [6.45, 7) is 4.05. The molecule has 112 valence electrons.